The number of fused-ring (bicyclic) bond motifs is 3. The van der Waals surface area contributed by atoms with Gasteiger partial charge >= 0.3 is 0 Å². The normalized spacial score (nSPS) is 23.1. The molecule has 0 spiro atoms. The molecule has 1 N–H and O–H groups in total. The van der Waals surface area contributed by atoms with E-state index in [2.05, 4.69) is 27.2 Å². The van der Waals surface area contributed by atoms with Crippen LogP contribution in [-0.4, -0.2) is 31.4 Å². The van der Waals surface area contributed by atoms with E-state index in [1.807, 2.05) is 54.4 Å². The summed E-state index contributed by atoms with van der Waals surface area (Å²) in [6, 6.07) is 10.00. The van der Waals surface area contributed by atoms with E-state index in [1.54, 1.807) is 6.33 Å². The van der Waals surface area contributed by atoms with Crippen molar-refractivity contribution in [3.8, 4) is 11.3 Å². The highest BCUT2D eigenvalue weighted by Crippen LogP contribution is 2.54. The molecule has 2 aromatic heterocycles. The fraction of sp³-hybridized carbons (Fsp3) is 0.391. The van der Waals surface area contributed by atoms with E-state index >= 15 is 0 Å². The number of nitrogens with zero attached hydrogens (tertiary/aromatic N) is 3. The van der Waals surface area contributed by atoms with Crippen LogP contribution < -0.4 is 5.32 Å². The second kappa shape index (κ2) is 8.92. The Kier molecular flexibility index (Phi) is 6.03. The molecule has 4 unspecified atom stereocenters. The number of carbonyl (C=O) groups is 1. The lowest BCUT2D eigenvalue weighted by Gasteiger charge is -2.29. The number of benzene rings is 1. The van der Waals surface area contributed by atoms with Crippen molar-refractivity contribution in [3.05, 3.63) is 47.6 Å². The van der Waals surface area contributed by atoms with E-state index in [9.17, 15) is 4.79 Å². The van der Waals surface area contributed by atoms with Gasteiger partial charge in [-0.2, -0.15) is 0 Å². The first-order chi connectivity index (χ1) is 15.1. The summed E-state index contributed by atoms with van der Waals surface area (Å²) in [5, 5.41) is 7.99. The minimum absolute atomic E-state index is 0.0502. The molecule has 3 aromatic rings. The quantitative estimate of drug-likeness (QED) is 0.361. The van der Waals surface area contributed by atoms with Crippen molar-refractivity contribution in [1.29, 1.82) is 0 Å². The summed E-state index contributed by atoms with van der Waals surface area (Å²) >= 11 is 4.89. The second-order valence-corrected chi connectivity index (χ2v) is 11.6. The largest absolute Gasteiger partial charge is 0.301 e. The van der Waals surface area contributed by atoms with Crippen LogP contribution in [0.25, 0.3) is 11.3 Å². The average molecular weight is 469 g/mol. The highest BCUT2D eigenvalue weighted by atomic mass is 32.2. The van der Waals surface area contributed by atoms with Crippen molar-refractivity contribution in [2.45, 2.75) is 59.6 Å². The van der Waals surface area contributed by atoms with Gasteiger partial charge in [-0.3, -0.25) is 4.79 Å². The Balaban J connectivity index is 1.28. The van der Waals surface area contributed by atoms with Crippen molar-refractivity contribution in [1.82, 2.24) is 15.0 Å². The maximum atomic E-state index is 12.9. The summed E-state index contributed by atoms with van der Waals surface area (Å²) < 4.78 is 0. The minimum atomic E-state index is -0.269. The van der Waals surface area contributed by atoms with E-state index in [-0.39, 0.29) is 11.2 Å². The van der Waals surface area contributed by atoms with Gasteiger partial charge in [0.1, 0.15) is 16.4 Å². The second-order valence-electron chi connectivity index (χ2n) is 8.23. The number of aromatic nitrogens is 3. The van der Waals surface area contributed by atoms with Crippen molar-refractivity contribution >= 4 is 45.9 Å². The molecule has 1 fully saturated rings. The molecule has 0 radical (unpaired) electrons. The van der Waals surface area contributed by atoms with Crippen LogP contribution in [0, 0.1) is 5.92 Å². The predicted molar refractivity (Wildman–Crippen MR) is 129 cm³/mol. The Morgan fingerprint density at radius 2 is 2.06 bits per heavy atom. The maximum absolute atomic E-state index is 12.9. The zero-order valence-electron chi connectivity index (χ0n) is 17.4. The molecule has 5 nitrogen and oxygen atoms in total. The fourth-order valence-corrected chi connectivity index (χ4v) is 7.70. The summed E-state index contributed by atoms with van der Waals surface area (Å²) in [7, 11) is 0. The third-order valence-electron chi connectivity index (χ3n) is 5.96. The Bertz CT molecular complexity index is 1090. The lowest BCUT2D eigenvalue weighted by atomic mass is 9.80. The van der Waals surface area contributed by atoms with Crippen LogP contribution in [0.3, 0.4) is 0 Å². The van der Waals surface area contributed by atoms with Gasteiger partial charge in [0, 0.05) is 27.7 Å². The molecule has 0 bridgehead atoms. The van der Waals surface area contributed by atoms with Gasteiger partial charge in [0.25, 0.3) is 0 Å². The Labute approximate surface area is 194 Å². The standard InChI is InChI=1S/C23H24N4OS3/c1-13-8-9-16-18(10-13)31-22-19(16)21(24-12-25-22)30-14(2)20(28)27-23-26-17(11-29-23)15-6-4-3-5-7-15/h3-7,11-14,16,18H,8-10H2,1-2H3,(H,26,27,28). The van der Waals surface area contributed by atoms with Gasteiger partial charge in [0.05, 0.1) is 10.9 Å². The lowest BCUT2D eigenvalue weighted by Crippen LogP contribution is -2.23. The molecule has 31 heavy (non-hydrogen) atoms. The number of rotatable bonds is 5. The Morgan fingerprint density at radius 1 is 1.23 bits per heavy atom. The topological polar surface area (TPSA) is 67.8 Å². The predicted octanol–water partition coefficient (Wildman–Crippen LogP) is 6.10. The molecular weight excluding hydrogens is 444 g/mol. The maximum Gasteiger partial charge on any atom is 0.239 e. The van der Waals surface area contributed by atoms with E-state index in [4.69, 9.17) is 0 Å². The molecule has 1 aliphatic heterocycles. The number of thiazole rings is 1. The number of hydrogen-bond acceptors (Lipinski definition) is 7. The van der Waals surface area contributed by atoms with Crippen LogP contribution in [0.1, 0.15) is 44.6 Å². The number of thioether (sulfide) groups is 2. The summed E-state index contributed by atoms with van der Waals surface area (Å²) in [6.45, 7) is 4.28. The summed E-state index contributed by atoms with van der Waals surface area (Å²) in [5.74, 6) is 1.24. The van der Waals surface area contributed by atoms with Crippen LogP contribution in [0.2, 0.25) is 0 Å². The molecule has 0 saturated heterocycles. The Morgan fingerprint density at radius 3 is 2.90 bits per heavy atom. The van der Waals surface area contributed by atoms with Crippen LogP contribution in [-0.2, 0) is 4.79 Å². The summed E-state index contributed by atoms with van der Waals surface area (Å²) in [4.78, 5) is 26.6. The van der Waals surface area contributed by atoms with Crippen LogP contribution >= 0.6 is 34.9 Å². The SMILES string of the molecule is CC1CCC2c3c(SC(C)C(=O)Nc4nc(-c5ccccc5)cs4)ncnc3SC2C1. The molecule has 1 saturated carbocycles. The molecule has 3 heterocycles. The van der Waals surface area contributed by atoms with Gasteiger partial charge in [-0.05, 0) is 25.7 Å². The summed E-state index contributed by atoms with van der Waals surface area (Å²) in [6.07, 6.45) is 5.32. The number of anilines is 1. The van der Waals surface area contributed by atoms with E-state index in [0.29, 0.717) is 16.3 Å². The molecule has 5 rings (SSSR count). The van der Waals surface area contributed by atoms with E-state index in [0.717, 1.165) is 27.2 Å². The van der Waals surface area contributed by atoms with Gasteiger partial charge in [-0.15, -0.1) is 23.1 Å². The molecule has 2 aliphatic rings. The van der Waals surface area contributed by atoms with Crippen molar-refractivity contribution in [2.24, 2.45) is 5.92 Å². The first-order valence-electron chi connectivity index (χ1n) is 10.6. The lowest BCUT2D eigenvalue weighted by molar-refractivity contribution is -0.115. The third-order valence-corrected chi connectivity index (χ3v) is 9.21. The zero-order valence-corrected chi connectivity index (χ0v) is 19.9. The van der Waals surface area contributed by atoms with Crippen LogP contribution in [0.5, 0.6) is 0 Å². The minimum Gasteiger partial charge on any atom is -0.301 e. The number of amides is 1. The van der Waals surface area contributed by atoms with Gasteiger partial charge < -0.3 is 5.32 Å². The molecular formula is C23H24N4OS3. The van der Waals surface area contributed by atoms with Gasteiger partial charge in [-0.25, -0.2) is 15.0 Å². The molecule has 4 atom stereocenters. The van der Waals surface area contributed by atoms with Gasteiger partial charge in [0.2, 0.25) is 5.91 Å². The average Bonchev–Trinajstić information content (AvgIpc) is 3.38. The van der Waals surface area contributed by atoms with Gasteiger partial charge in [0.15, 0.2) is 5.13 Å². The molecule has 1 amide bonds. The Hall–Kier alpha value is -1.90. The zero-order chi connectivity index (χ0) is 21.4. The summed E-state index contributed by atoms with van der Waals surface area (Å²) in [5.41, 5.74) is 3.20. The number of carbonyl (C=O) groups excluding carboxylic acids is 1. The molecule has 8 heteroatoms. The first kappa shape index (κ1) is 21.0. The van der Waals surface area contributed by atoms with Crippen LogP contribution in [0.4, 0.5) is 5.13 Å². The molecule has 160 valence electrons. The highest BCUT2D eigenvalue weighted by Gasteiger charge is 2.40. The monoisotopic (exact) mass is 468 g/mol. The fourth-order valence-electron chi connectivity index (χ4n) is 4.30. The number of nitrogens with one attached hydrogen (secondary N) is 1. The van der Waals surface area contributed by atoms with E-state index in [1.165, 1.54) is 47.9 Å². The smallest absolute Gasteiger partial charge is 0.239 e. The molecule has 1 aromatic carbocycles. The number of hydrogen-bond donors (Lipinski definition) is 1. The van der Waals surface area contributed by atoms with Gasteiger partial charge in [-0.1, -0.05) is 55.4 Å². The molecule has 1 aliphatic carbocycles. The van der Waals surface area contributed by atoms with Crippen molar-refractivity contribution in [2.75, 3.05) is 5.32 Å². The van der Waals surface area contributed by atoms with Crippen molar-refractivity contribution in [3.63, 3.8) is 0 Å². The van der Waals surface area contributed by atoms with Crippen molar-refractivity contribution < 1.29 is 4.79 Å². The first-order valence-corrected chi connectivity index (χ1v) is 13.2. The van der Waals surface area contributed by atoms with E-state index < -0.39 is 0 Å². The van der Waals surface area contributed by atoms with Crippen LogP contribution in [0.15, 0.2) is 52.1 Å². The third kappa shape index (κ3) is 4.38. The highest BCUT2D eigenvalue weighted by molar-refractivity contribution is 8.01.